The lowest BCUT2D eigenvalue weighted by Crippen LogP contribution is -2.06. The van der Waals surface area contributed by atoms with Gasteiger partial charge >= 0.3 is 0 Å². The van der Waals surface area contributed by atoms with Crippen LogP contribution in [0.1, 0.15) is 11.1 Å². The molecule has 14 heavy (non-hydrogen) atoms. The fraction of sp³-hybridized carbons (Fsp3) is 0.182. The van der Waals surface area contributed by atoms with E-state index in [-0.39, 0.29) is 11.5 Å². The molecule has 0 fully saturated rings. The molecule has 3 nitrogen and oxygen atoms in total. The molecule has 1 aliphatic rings. The van der Waals surface area contributed by atoms with Crippen LogP contribution in [0.15, 0.2) is 18.2 Å². The smallest absolute Gasteiger partial charge is 0.167 e. The number of allylic oxidation sites excluding steroid dienone is 1. The van der Waals surface area contributed by atoms with Crippen molar-refractivity contribution < 1.29 is 14.6 Å². The van der Waals surface area contributed by atoms with Crippen molar-refractivity contribution in [3.8, 4) is 11.5 Å². The van der Waals surface area contributed by atoms with Gasteiger partial charge in [-0.2, -0.15) is 0 Å². The molecule has 0 aromatic heterocycles. The molecule has 0 aliphatic heterocycles. The summed E-state index contributed by atoms with van der Waals surface area (Å²) in [6.07, 6.45) is 3.56. The highest BCUT2D eigenvalue weighted by Crippen LogP contribution is 2.35. The molecule has 0 atom stereocenters. The van der Waals surface area contributed by atoms with Crippen LogP contribution < -0.4 is 4.74 Å². The van der Waals surface area contributed by atoms with E-state index in [1.807, 2.05) is 0 Å². The quantitative estimate of drug-likeness (QED) is 0.730. The fourth-order valence-electron chi connectivity index (χ4n) is 1.60. The molecular weight excluding hydrogens is 180 g/mol. The molecule has 0 radical (unpaired) electrons. The van der Waals surface area contributed by atoms with Crippen molar-refractivity contribution in [2.24, 2.45) is 0 Å². The highest BCUT2D eigenvalue weighted by molar-refractivity contribution is 5.99. The summed E-state index contributed by atoms with van der Waals surface area (Å²) in [5.74, 6) is 0.613. The number of ketones is 1. The molecule has 3 heteroatoms. The lowest BCUT2D eigenvalue weighted by molar-refractivity contribution is -0.114. The summed E-state index contributed by atoms with van der Waals surface area (Å²) < 4.78 is 5.07. The van der Waals surface area contributed by atoms with E-state index in [9.17, 15) is 9.90 Å². The van der Waals surface area contributed by atoms with E-state index >= 15 is 0 Å². The van der Waals surface area contributed by atoms with Gasteiger partial charge in [-0.3, -0.25) is 4.79 Å². The predicted octanol–water partition coefficient (Wildman–Crippen LogP) is 1.54. The number of phenols is 1. The van der Waals surface area contributed by atoms with Gasteiger partial charge in [-0.1, -0.05) is 6.07 Å². The number of benzene rings is 1. The van der Waals surface area contributed by atoms with E-state index in [0.29, 0.717) is 12.2 Å². The molecule has 1 aliphatic carbocycles. The summed E-state index contributed by atoms with van der Waals surface area (Å²) in [4.78, 5) is 11.1. The van der Waals surface area contributed by atoms with Gasteiger partial charge in [0.25, 0.3) is 0 Å². The Morgan fingerprint density at radius 1 is 1.36 bits per heavy atom. The molecule has 1 aromatic carbocycles. The van der Waals surface area contributed by atoms with Crippen LogP contribution in [0, 0.1) is 0 Å². The van der Waals surface area contributed by atoms with Crippen LogP contribution in [-0.4, -0.2) is 18.0 Å². The molecule has 0 spiro atoms. The number of aromatic hydroxyl groups is 1. The third-order valence-electron chi connectivity index (χ3n) is 2.27. The highest BCUT2D eigenvalue weighted by atomic mass is 16.5. The van der Waals surface area contributed by atoms with Crippen LogP contribution in [0.2, 0.25) is 0 Å². The predicted molar refractivity (Wildman–Crippen MR) is 52.4 cm³/mol. The number of phenolic OH excluding ortho intramolecular Hbond substituents is 1. The minimum Gasteiger partial charge on any atom is -0.504 e. The maximum Gasteiger partial charge on any atom is 0.167 e. The van der Waals surface area contributed by atoms with Gasteiger partial charge in [-0.05, 0) is 23.8 Å². The number of carbonyl (C=O) groups excluding carboxylic acids is 1. The first kappa shape index (κ1) is 8.81. The first-order chi connectivity index (χ1) is 6.72. The number of ether oxygens (including phenoxy) is 1. The van der Waals surface area contributed by atoms with Gasteiger partial charge in [0.05, 0.1) is 7.11 Å². The fourth-order valence-corrected chi connectivity index (χ4v) is 1.60. The zero-order valence-corrected chi connectivity index (χ0v) is 7.78. The number of carbonyl (C=O) groups is 1. The van der Waals surface area contributed by atoms with Gasteiger partial charge in [0.15, 0.2) is 17.3 Å². The molecule has 0 saturated carbocycles. The van der Waals surface area contributed by atoms with Crippen molar-refractivity contribution >= 4 is 11.9 Å². The molecule has 2 rings (SSSR count). The van der Waals surface area contributed by atoms with Crippen molar-refractivity contribution in [1.29, 1.82) is 0 Å². The summed E-state index contributed by atoms with van der Waals surface area (Å²) >= 11 is 0. The molecule has 0 bridgehead atoms. The second-order valence-corrected chi connectivity index (χ2v) is 3.17. The standard InChI is InChI=1S/C11H10O3/c1-14-11-9-4-3-8(12)6-7(9)2-5-10(11)13/h2-5,13H,6H2,1H3. The Balaban J connectivity index is 2.61. The van der Waals surface area contributed by atoms with Crippen molar-refractivity contribution in [3.05, 3.63) is 29.3 Å². The van der Waals surface area contributed by atoms with Gasteiger partial charge in [0.2, 0.25) is 0 Å². The van der Waals surface area contributed by atoms with Gasteiger partial charge in [0.1, 0.15) is 0 Å². The summed E-state index contributed by atoms with van der Waals surface area (Å²) in [5.41, 5.74) is 1.69. The number of methoxy groups -OCH3 is 1. The Bertz CT molecular complexity index is 419. The maximum absolute atomic E-state index is 11.1. The molecule has 0 saturated heterocycles. The number of rotatable bonds is 1. The van der Waals surface area contributed by atoms with Crippen LogP contribution in [0.25, 0.3) is 6.08 Å². The normalized spacial score (nSPS) is 13.9. The molecular formula is C11H10O3. The lowest BCUT2D eigenvalue weighted by atomic mass is 9.95. The van der Waals surface area contributed by atoms with Crippen molar-refractivity contribution in [1.82, 2.24) is 0 Å². The zero-order chi connectivity index (χ0) is 10.1. The minimum atomic E-state index is 0.0743. The largest absolute Gasteiger partial charge is 0.504 e. The van der Waals surface area contributed by atoms with E-state index in [1.54, 1.807) is 18.2 Å². The Labute approximate surface area is 81.6 Å². The van der Waals surface area contributed by atoms with Gasteiger partial charge < -0.3 is 9.84 Å². The summed E-state index contributed by atoms with van der Waals surface area (Å²) in [7, 11) is 1.50. The van der Waals surface area contributed by atoms with E-state index in [4.69, 9.17) is 4.74 Å². The van der Waals surface area contributed by atoms with Gasteiger partial charge in [0, 0.05) is 12.0 Å². The third kappa shape index (κ3) is 1.27. The number of hydrogen-bond acceptors (Lipinski definition) is 3. The molecule has 1 N–H and O–H groups in total. The molecule has 72 valence electrons. The Kier molecular flexibility index (Phi) is 2.00. The van der Waals surface area contributed by atoms with E-state index in [0.717, 1.165) is 11.1 Å². The topological polar surface area (TPSA) is 46.5 Å². The van der Waals surface area contributed by atoms with Crippen LogP contribution in [0.3, 0.4) is 0 Å². The molecule has 1 aromatic rings. The monoisotopic (exact) mass is 190 g/mol. The first-order valence-electron chi connectivity index (χ1n) is 4.32. The molecule has 0 unspecified atom stereocenters. The van der Waals surface area contributed by atoms with Crippen LogP contribution in [0.4, 0.5) is 0 Å². The molecule has 0 heterocycles. The van der Waals surface area contributed by atoms with E-state index in [1.165, 1.54) is 13.2 Å². The van der Waals surface area contributed by atoms with Crippen LogP contribution in [-0.2, 0) is 11.2 Å². The zero-order valence-electron chi connectivity index (χ0n) is 7.78. The maximum atomic E-state index is 11.1. The van der Waals surface area contributed by atoms with Crippen LogP contribution >= 0.6 is 0 Å². The first-order valence-corrected chi connectivity index (χ1v) is 4.32. The summed E-state index contributed by atoms with van der Waals surface area (Å²) in [6, 6.07) is 3.29. The summed E-state index contributed by atoms with van der Waals surface area (Å²) in [5, 5.41) is 9.49. The SMILES string of the molecule is COc1c(O)ccc2c1C=CC(=O)C2. The Morgan fingerprint density at radius 3 is 2.86 bits per heavy atom. The lowest BCUT2D eigenvalue weighted by Gasteiger charge is -2.14. The number of fused-ring (bicyclic) bond motifs is 1. The summed E-state index contributed by atoms with van der Waals surface area (Å²) in [6.45, 7) is 0. The van der Waals surface area contributed by atoms with Gasteiger partial charge in [-0.25, -0.2) is 0 Å². The number of hydrogen-bond donors (Lipinski definition) is 1. The highest BCUT2D eigenvalue weighted by Gasteiger charge is 2.16. The van der Waals surface area contributed by atoms with Crippen LogP contribution in [0.5, 0.6) is 11.5 Å². The second kappa shape index (κ2) is 3.18. The molecule has 0 amide bonds. The average Bonchev–Trinajstić information content (AvgIpc) is 2.18. The van der Waals surface area contributed by atoms with Crippen molar-refractivity contribution in [2.75, 3.05) is 7.11 Å². The van der Waals surface area contributed by atoms with Crippen molar-refractivity contribution in [3.63, 3.8) is 0 Å². The van der Waals surface area contributed by atoms with Crippen molar-refractivity contribution in [2.45, 2.75) is 6.42 Å². The Hall–Kier alpha value is -1.77. The average molecular weight is 190 g/mol. The second-order valence-electron chi connectivity index (χ2n) is 3.17. The van der Waals surface area contributed by atoms with E-state index < -0.39 is 0 Å². The third-order valence-corrected chi connectivity index (χ3v) is 2.27. The minimum absolute atomic E-state index is 0.0743. The van der Waals surface area contributed by atoms with Gasteiger partial charge in [-0.15, -0.1) is 0 Å². The van der Waals surface area contributed by atoms with E-state index in [2.05, 4.69) is 0 Å². The Morgan fingerprint density at radius 2 is 2.14 bits per heavy atom.